The first-order valence-corrected chi connectivity index (χ1v) is 7.96. The van der Waals surface area contributed by atoms with Crippen molar-refractivity contribution < 1.29 is 14.1 Å². The standard InChI is InChI=1S/C18H18N4O3/c1-2-16-21-18(25-22-16)14-6-3-7-15(9-14)24-12-17(23)20-11-13-5-4-8-19-10-13/h3-10H,2,11-12H2,1H3,(H,20,23). The average Bonchev–Trinajstić information content (AvgIpc) is 3.15. The third-order valence-electron chi connectivity index (χ3n) is 3.45. The predicted molar refractivity (Wildman–Crippen MR) is 90.7 cm³/mol. The Morgan fingerprint density at radius 2 is 2.20 bits per heavy atom. The van der Waals surface area contributed by atoms with Crippen LogP contribution in [0.3, 0.4) is 0 Å². The lowest BCUT2D eigenvalue weighted by molar-refractivity contribution is -0.123. The lowest BCUT2D eigenvalue weighted by Crippen LogP contribution is -2.28. The first kappa shape index (κ1) is 16.6. The summed E-state index contributed by atoms with van der Waals surface area (Å²) in [4.78, 5) is 20.2. The van der Waals surface area contributed by atoms with E-state index < -0.39 is 0 Å². The molecule has 7 heteroatoms. The molecule has 0 aliphatic carbocycles. The molecule has 0 bridgehead atoms. The zero-order valence-corrected chi connectivity index (χ0v) is 13.8. The second-order valence-electron chi connectivity index (χ2n) is 5.32. The zero-order chi connectivity index (χ0) is 17.5. The molecule has 0 spiro atoms. The number of nitrogens with one attached hydrogen (secondary N) is 1. The van der Waals surface area contributed by atoms with Gasteiger partial charge in [0.1, 0.15) is 5.75 Å². The van der Waals surface area contributed by atoms with Crippen molar-refractivity contribution in [3.63, 3.8) is 0 Å². The van der Waals surface area contributed by atoms with Crippen molar-refractivity contribution in [1.82, 2.24) is 20.4 Å². The molecule has 128 valence electrons. The Hall–Kier alpha value is -3.22. The van der Waals surface area contributed by atoms with Gasteiger partial charge in [0.05, 0.1) is 0 Å². The van der Waals surface area contributed by atoms with Crippen LogP contribution in [0.4, 0.5) is 0 Å². The molecule has 0 aliphatic rings. The Morgan fingerprint density at radius 3 is 2.96 bits per heavy atom. The normalized spacial score (nSPS) is 10.4. The van der Waals surface area contributed by atoms with Crippen LogP contribution in [0.25, 0.3) is 11.5 Å². The summed E-state index contributed by atoms with van der Waals surface area (Å²) in [6.07, 6.45) is 4.10. The van der Waals surface area contributed by atoms with Gasteiger partial charge in [-0.05, 0) is 29.8 Å². The van der Waals surface area contributed by atoms with Crippen LogP contribution in [0.1, 0.15) is 18.3 Å². The zero-order valence-electron chi connectivity index (χ0n) is 13.8. The Morgan fingerprint density at radius 1 is 1.28 bits per heavy atom. The van der Waals surface area contributed by atoms with Crippen molar-refractivity contribution in [1.29, 1.82) is 0 Å². The molecule has 0 saturated carbocycles. The second-order valence-corrected chi connectivity index (χ2v) is 5.32. The van der Waals surface area contributed by atoms with Gasteiger partial charge >= 0.3 is 0 Å². The highest BCUT2D eigenvalue weighted by atomic mass is 16.5. The number of pyridine rings is 1. The number of ether oxygens (including phenoxy) is 1. The van der Waals surface area contributed by atoms with Crippen LogP contribution in [-0.2, 0) is 17.8 Å². The molecule has 0 aliphatic heterocycles. The van der Waals surface area contributed by atoms with Gasteiger partial charge in [-0.15, -0.1) is 0 Å². The van der Waals surface area contributed by atoms with E-state index in [1.54, 1.807) is 24.5 Å². The van der Waals surface area contributed by atoms with Crippen molar-refractivity contribution in [2.45, 2.75) is 19.9 Å². The maximum atomic E-state index is 11.9. The summed E-state index contributed by atoms with van der Waals surface area (Å²) in [5, 5.41) is 6.65. The molecule has 2 heterocycles. The molecular formula is C18H18N4O3. The Labute approximate surface area is 145 Å². The molecule has 0 fully saturated rings. The van der Waals surface area contributed by atoms with Gasteiger partial charge in [-0.3, -0.25) is 9.78 Å². The minimum Gasteiger partial charge on any atom is -0.484 e. The van der Waals surface area contributed by atoms with Crippen LogP contribution in [0.5, 0.6) is 5.75 Å². The number of carbonyl (C=O) groups is 1. The minimum absolute atomic E-state index is 0.0756. The van der Waals surface area contributed by atoms with Crippen molar-refractivity contribution in [3.05, 3.63) is 60.2 Å². The summed E-state index contributed by atoms with van der Waals surface area (Å²) in [5.41, 5.74) is 1.68. The van der Waals surface area contributed by atoms with Crippen molar-refractivity contribution in [3.8, 4) is 17.2 Å². The molecule has 2 aromatic heterocycles. The van der Waals surface area contributed by atoms with Gasteiger partial charge in [-0.2, -0.15) is 4.98 Å². The Balaban J connectivity index is 1.54. The van der Waals surface area contributed by atoms with Crippen molar-refractivity contribution >= 4 is 5.91 Å². The Bertz CT molecular complexity index is 833. The van der Waals surface area contributed by atoms with Gasteiger partial charge in [-0.1, -0.05) is 24.2 Å². The second kappa shape index (κ2) is 8.05. The number of nitrogens with zero attached hydrogens (tertiary/aromatic N) is 3. The number of rotatable bonds is 7. The maximum Gasteiger partial charge on any atom is 0.258 e. The van der Waals surface area contributed by atoms with E-state index in [-0.39, 0.29) is 12.5 Å². The molecule has 0 saturated heterocycles. The summed E-state index contributed by atoms with van der Waals surface area (Å²) in [6.45, 7) is 2.30. The van der Waals surface area contributed by atoms with Crippen LogP contribution in [0.15, 0.2) is 53.3 Å². The third-order valence-corrected chi connectivity index (χ3v) is 3.45. The number of hydrogen-bond acceptors (Lipinski definition) is 6. The maximum absolute atomic E-state index is 11.9. The SMILES string of the molecule is CCc1noc(-c2cccc(OCC(=O)NCc3cccnc3)c2)n1. The third kappa shape index (κ3) is 4.63. The van der Waals surface area contributed by atoms with Crippen LogP contribution in [0.2, 0.25) is 0 Å². The molecule has 1 amide bonds. The van der Waals surface area contributed by atoms with Crippen molar-refractivity contribution in [2.24, 2.45) is 0 Å². The first-order valence-electron chi connectivity index (χ1n) is 7.96. The van der Waals surface area contributed by atoms with Gasteiger partial charge in [0, 0.05) is 30.9 Å². The summed E-state index contributed by atoms with van der Waals surface area (Å²) in [6, 6.07) is 10.9. The summed E-state index contributed by atoms with van der Waals surface area (Å²) >= 11 is 0. The minimum atomic E-state index is -0.208. The fourth-order valence-corrected chi connectivity index (χ4v) is 2.14. The number of amides is 1. The number of aryl methyl sites for hydroxylation is 1. The topological polar surface area (TPSA) is 90.1 Å². The molecule has 1 N–H and O–H groups in total. The summed E-state index contributed by atoms with van der Waals surface area (Å²) in [5.74, 6) is 1.44. The fraction of sp³-hybridized carbons (Fsp3) is 0.222. The van der Waals surface area contributed by atoms with E-state index in [1.807, 2.05) is 31.2 Å². The van der Waals surface area contributed by atoms with E-state index in [0.717, 1.165) is 11.1 Å². The van der Waals surface area contributed by atoms with Gasteiger partial charge in [-0.25, -0.2) is 0 Å². The van der Waals surface area contributed by atoms with Gasteiger partial charge < -0.3 is 14.6 Å². The van der Waals surface area contributed by atoms with Crippen molar-refractivity contribution in [2.75, 3.05) is 6.61 Å². The number of aromatic nitrogens is 3. The quantitative estimate of drug-likeness (QED) is 0.711. The largest absolute Gasteiger partial charge is 0.484 e. The summed E-state index contributed by atoms with van der Waals surface area (Å²) in [7, 11) is 0. The lowest BCUT2D eigenvalue weighted by Gasteiger charge is -2.08. The highest BCUT2D eigenvalue weighted by Crippen LogP contribution is 2.22. The molecule has 0 radical (unpaired) electrons. The molecule has 25 heavy (non-hydrogen) atoms. The number of hydrogen-bond donors (Lipinski definition) is 1. The smallest absolute Gasteiger partial charge is 0.258 e. The Kier molecular flexibility index (Phi) is 5.36. The van der Waals surface area contributed by atoms with E-state index in [0.29, 0.717) is 30.4 Å². The molecule has 0 atom stereocenters. The average molecular weight is 338 g/mol. The van der Waals surface area contributed by atoms with Crippen LogP contribution >= 0.6 is 0 Å². The fourth-order valence-electron chi connectivity index (χ4n) is 2.14. The van der Waals surface area contributed by atoms with Gasteiger partial charge in [0.15, 0.2) is 12.4 Å². The van der Waals surface area contributed by atoms with Gasteiger partial charge in [0.2, 0.25) is 0 Å². The predicted octanol–water partition coefficient (Wildman–Crippen LogP) is 2.39. The van der Waals surface area contributed by atoms with E-state index >= 15 is 0 Å². The molecule has 3 rings (SSSR count). The van der Waals surface area contributed by atoms with Crippen LogP contribution in [0, 0.1) is 0 Å². The lowest BCUT2D eigenvalue weighted by atomic mass is 10.2. The van der Waals surface area contributed by atoms with E-state index in [2.05, 4.69) is 20.4 Å². The molecule has 0 unspecified atom stereocenters. The van der Waals surface area contributed by atoms with Crippen LogP contribution in [-0.4, -0.2) is 27.6 Å². The molecular weight excluding hydrogens is 320 g/mol. The highest BCUT2D eigenvalue weighted by molar-refractivity contribution is 5.77. The molecule has 7 nitrogen and oxygen atoms in total. The van der Waals surface area contributed by atoms with Gasteiger partial charge in [0.25, 0.3) is 11.8 Å². The van der Waals surface area contributed by atoms with E-state index in [4.69, 9.17) is 9.26 Å². The monoisotopic (exact) mass is 338 g/mol. The van der Waals surface area contributed by atoms with E-state index in [1.165, 1.54) is 0 Å². The van der Waals surface area contributed by atoms with Crippen LogP contribution < -0.4 is 10.1 Å². The molecule has 3 aromatic rings. The number of carbonyl (C=O) groups excluding carboxylic acids is 1. The first-order chi connectivity index (χ1) is 12.2. The highest BCUT2D eigenvalue weighted by Gasteiger charge is 2.09. The molecule has 1 aromatic carbocycles. The number of benzene rings is 1. The summed E-state index contributed by atoms with van der Waals surface area (Å²) < 4.78 is 10.7. The van der Waals surface area contributed by atoms with E-state index in [9.17, 15) is 4.79 Å².